The van der Waals surface area contributed by atoms with Crippen molar-refractivity contribution in [1.82, 2.24) is 14.8 Å². The molecule has 7 heteroatoms. The van der Waals surface area contributed by atoms with Crippen LogP contribution in [0.4, 0.5) is 0 Å². The Kier molecular flexibility index (Phi) is 5.06. The molecule has 1 aromatic carbocycles. The number of hydrogen-bond donors (Lipinski definition) is 0. The number of ether oxygens (including phenoxy) is 1. The summed E-state index contributed by atoms with van der Waals surface area (Å²) >= 11 is 5.01. The van der Waals surface area contributed by atoms with Crippen LogP contribution in [0.1, 0.15) is 41.8 Å². The smallest absolute Gasteiger partial charge is 0.341 e. The molecule has 0 radical (unpaired) electrons. The van der Waals surface area contributed by atoms with Crippen LogP contribution >= 0.6 is 27.3 Å². The number of nitrogens with zero attached hydrogens (tertiary/aromatic N) is 3. The Morgan fingerprint density at radius 3 is 2.84 bits per heavy atom. The fourth-order valence-electron chi connectivity index (χ4n) is 2.13. The molecule has 130 valence electrons. The van der Waals surface area contributed by atoms with Crippen LogP contribution in [0.3, 0.4) is 0 Å². The van der Waals surface area contributed by atoms with E-state index >= 15 is 0 Å². The first kappa shape index (κ1) is 17.8. The zero-order chi connectivity index (χ0) is 18.0. The minimum atomic E-state index is -0.411. The van der Waals surface area contributed by atoms with Gasteiger partial charge in [0.1, 0.15) is 6.61 Å². The number of hydrogen-bond acceptors (Lipinski definition) is 5. The molecule has 5 nitrogen and oxygen atoms in total. The van der Waals surface area contributed by atoms with Crippen LogP contribution in [-0.4, -0.2) is 20.7 Å². The SMILES string of the molecule is CC(C)(C)c1nc(COC(=O)c2cnn(-c3cccc(Br)c3)c2)cs1. The van der Waals surface area contributed by atoms with Gasteiger partial charge in [0.05, 0.1) is 28.1 Å². The summed E-state index contributed by atoms with van der Waals surface area (Å²) in [5.74, 6) is -0.411. The molecule has 3 aromatic rings. The molecular weight excluding hydrogens is 402 g/mol. The summed E-state index contributed by atoms with van der Waals surface area (Å²) in [5, 5.41) is 7.18. The van der Waals surface area contributed by atoms with Crippen LogP contribution in [0, 0.1) is 0 Å². The second-order valence-electron chi connectivity index (χ2n) is 6.62. The van der Waals surface area contributed by atoms with Gasteiger partial charge in [-0.25, -0.2) is 14.5 Å². The predicted molar refractivity (Wildman–Crippen MR) is 101 cm³/mol. The van der Waals surface area contributed by atoms with Gasteiger partial charge in [-0.05, 0) is 18.2 Å². The average Bonchev–Trinajstić information content (AvgIpc) is 3.21. The minimum absolute atomic E-state index is 0.00196. The molecule has 0 saturated carbocycles. The van der Waals surface area contributed by atoms with E-state index in [-0.39, 0.29) is 12.0 Å². The minimum Gasteiger partial charge on any atom is -0.455 e. The summed E-state index contributed by atoms with van der Waals surface area (Å²) < 4.78 is 7.94. The van der Waals surface area contributed by atoms with Crippen LogP contribution < -0.4 is 0 Å². The van der Waals surface area contributed by atoms with Crippen LogP contribution in [0.15, 0.2) is 46.5 Å². The summed E-state index contributed by atoms with van der Waals surface area (Å²) in [6.07, 6.45) is 3.16. The monoisotopic (exact) mass is 419 g/mol. The lowest BCUT2D eigenvalue weighted by atomic mass is 9.98. The number of esters is 1. The lowest BCUT2D eigenvalue weighted by molar-refractivity contribution is 0.0468. The fraction of sp³-hybridized carbons (Fsp3) is 0.278. The Hall–Kier alpha value is -1.99. The van der Waals surface area contributed by atoms with Gasteiger partial charge in [-0.15, -0.1) is 11.3 Å². The van der Waals surface area contributed by atoms with Crippen molar-refractivity contribution < 1.29 is 9.53 Å². The topological polar surface area (TPSA) is 57.0 Å². The summed E-state index contributed by atoms with van der Waals surface area (Å²) in [6.45, 7) is 6.49. The van der Waals surface area contributed by atoms with Crippen molar-refractivity contribution in [2.45, 2.75) is 32.8 Å². The van der Waals surface area contributed by atoms with Crippen LogP contribution in [-0.2, 0) is 16.8 Å². The molecule has 2 aromatic heterocycles. The summed E-state index contributed by atoms with van der Waals surface area (Å²) in [6, 6.07) is 7.68. The molecule has 0 bridgehead atoms. The Labute approximate surface area is 158 Å². The molecule has 3 rings (SSSR count). The van der Waals surface area contributed by atoms with Gasteiger partial charge in [-0.2, -0.15) is 5.10 Å². The zero-order valence-corrected chi connectivity index (χ0v) is 16.6. The van der Waals surface area contributed by atoms with Gasteiger partial charge in [0.15, 0.2) is 0 Å². The number of carbonyl (C=O) groups is 1. The molecule has 0 atom stereocenters. The highest BCUT2D eigenvalue weighted by Crippen LogP contribution is 2.25. The molecule has 2 heterocycles. The molecule has 0 fully saturated rings. The first-order valence-electron chi connectivity index (χ1n) is 7.75. The van der Waals surface area contributed by atoms with Gasteiger partial charge in [-0.3, -0.25) is 0 Å². The average molecular weight is 420 g/mol. The van der Waals surface area contributed by atoms with Crippen molar-refractivity contribution in [2.24, 2.45) is 0 Å². The van der Waals surface area contributed by atoms with Crippen molar-refractivity contribution in [3.8, 4) is 5.69 Å². The second-order valence-corrected chi connectivity index (χ2v) is 8.40. The highest BCUT2D eigenvalue weighted by atomic mass is 79.9. The third kappa shape index (κ3) is 4.35. The maximum Gasteiger partial charge on any atom is 0.341 e. The van der Waals surface area contributed by atoms with Crippen molar-refractivity contribution in [1.29, 1.82) is 0 Å². The fourth-order valence-corrected chi connectivity index (χ4v) is 3.41. The van der Waals surface area contributed by atoms with E-state index in [1.807, 2.05) is 29.6 Å². The number of halogens is 1. The number of thiazole rings is 1. The highest BCUT2D eigenvalue weighted by Gasteiger charge is 2.19. The quantitative estimate of drug-likeness (QED) is 0.572. The molecule has 0 unspecified atom stereocenters. The van der Waals surface area contributed by atoms with E-state index < -0.39 is 5.97 Å². The molecule has 0 aliphatic rings. The summed E-state index contributed by atoms with van der Waals surface area (Å²) in [4.78, 5) is 16.7. The third-order valence-electron chi connectivity index (χ3n) is 3.44. The predicted octanol–water partition coefficient (Wildman–Crippen LogP) is 4.75. The normalized spacial score (nSPS) is 11.5. The van der Waals surface area contributed by atoms with Gasteiger partial charge in [0, 0.05) is 21.5 Å². The summed E-state index contributed by atoms with van der Waals surface area (Å²) in [5.41, 5.74) is 2.04. The molecule has 25 heavy (non-hydrogen) atoms. The van der Waals surface area contributed by atoms with E-state index in [0.717, 1.165) is 20.9 Å². The maximum absolute atomic E-state index is 12.2. The number of carbonyl (C=O) groups excluding carboxylic acids is 1. The molecular formula is C18H18BrN3O2S. The number of benzene rings is 1. The molecule has 0 spiro atoms. The number of rotatable bonds is 4. The van der Waals surface area contributed by atoms with Crippen LogP contribution in [0.2, 0.25) is 0 Å². The lowest BCUT2D eigenvalue weighted by Gasteiger charge is -2.13. The van der Waals surface area contributed by atoms with E-state index in [1.54, 1.807) is 22.2 Å². The van der Waals surface area contributed by atoms with Gasteiger partial charge in [0.25, 0.3) is 0 Å². The standard InChI is InChI=1S/C18H18BrN3O2S/c1-18(2,3)17-21-14(11-25-17)10-24-16(23)12-8-20-22(9-12)15-6-4-5-13(19)7-15/h4-9,11H,10H2,1-3H3. The Balaban J connectivity index is 1.65. The van der Waals surface area contributed by atoms with Crippen molar-refractivity contribution in [3.63, 3.8) is 0 Å². The first-order valence-corrected chi connectivity index (χ1v) is 9.43. The largest absolute Gasteiger partial charge is 0.455 e. The Morgan fingerprint density at radius 2 is 2.16 bits per heavy atom. The van der Waals surface area contributed by atoms with Crippen LogP contribution in [0.25, 0.3) is 5.69 Å². The Morgan fingerprint density at radius 1 is 1.36 bits per heavy atom. The Bertz CT molecular complexity index is 896. The third-order valence-corrected chi connectivity index (χ3v) is 5.25. The van der Waals surface area contributed by atoms with Crippen molar-refractivity contribution >= 4 is 33.2 Å². The first-order chi connectivity index (χ1) is 11.8. The van der Waals surface area contributed by atoms with Gasteiger partial charge in [-0.1, -0.05) is 42.8 Å². The van der Waals surface area contributed by atoms with Crippen molar-refractivity contribution in [3.05, 3.63) is 62.8 Å². The van der Waals surface area contributed by atoms with Crippen LogP contribution in [0.5, 0.6) is 0 Å². The maximum atomic E-state index is 12.2. The summed E-state index contributed by atoms with van der Waals surface area (Å²) in [7, 11) is 0. The van der Waals surface area contributed by atoms with Crippen molar-refractivity contribution in [2.75, 3.05) is 0 Å². The van der Waals surface area contributed by atoms with Gasteiger partial charge >= 0.3 is 5.97 Å². The van der Waals surface area contributed by atoms with E-state index in [4.69, 9.17) is 4.74 Å². The molecule has 0 N–H and O–H groups in total. The van der Waals surface area contributed by atoms with Gasteiger partial charge < -0.3 is 4.74 Å². The molecule has 0 aliphatic heterocycles. The van der Waals surface area contributed by atoms with E-state index in [0.29, 0.717) is 5.56 Å². The molecule has 0 aliphatic carbocycles. The second kappa shape index (κ2) is 7.09. The van der Waals surface area contributed by atoms with E-state index in [9.17, 15) is 4.79 Å². The van der Waals surface area contributed by atoms with Gasteiger partial charge in [0.2, 0.25) is 0 Å². The molecule has 0 saturated heterocycles. The highest BCUT2D eigenvalue weighted by molar-refractivity contribution is 9.10. The van der Waals surface area contributed by atoms with E-state index in [2.05, 4.69) is 46.8 Å². The zero-order valence-electron chi connectivity index (χ0n) is 14.2. The van der Waals surface area contributed by atoms with E-state index in [1.165, 1.54) is 6.20 Å². The molecule has 0 amide bonds. The number of aromatic nitrogens is 3. The lowest BCUT2D eigenvalue weighted by Crippen LogP contribution is -2.11.